The molecule has 3 aromatic rings. The van der Waals surface area contributed by atoms with E-state index in [4.69, 9.17) is 14.1 Å². The molecule has 1 amide bonds. The second kappa shape index (κ2) is 9.75. The standard InChI is InChI=1S/C22H26N4O3S/c1-28-18-7-4-6-17(14-18)15-20-23-22(30-24-20)26(16-19-8-5-13-29-19)12-9-21(27)25-10-2-3-11-25/h4-8,13-14H,2-3,9-12,15-16H2,1H3. The Kier molecular flexibility index (Phi) is 6.63. The van der Waals surface area contributed by atoms with Crippen molar-refractivity contribution >= 4 is 22.6 Å². The summed E-state index contributed by atoms with van der Waals surface area (Å²) in [5.41, 5.74) is 1.10. The van der Waals surface area contributed by atoms with Crippen LogP contribution in [0.1, 0.15) is 36.4 Å². The molecule has 30 heavy (non-hydrogen) atoms. The van der Waals surface area contributed by atoms with Crippen molar-refractivity contribution in [2.45, 2.75) is 32.2 Å². The Morgan fingerprint density at radius 2 is 2.13 bits per heavy atom. The molecule has 158 valence electrons. The Hall–Kier alpha value is -2.87. The fourth-order valence-electron chi connectivity index (χ4n) is 3.60. The van der Waals surface area contributed by atoms with Crippen LogP contribution in [0, 0.1) is 0 Å². The summed E-state index contributed by atoms with van der Waals surface area (Å²) in [5.74, 6) is 2.63. The molecule has 0 unspecified atom stereocenters. The number of carbonyl (C=O) groups excluding carboxylic acids is 1. The van der Waals surface area contributed by atoms with Crippen molar-refractivity contribution in [3.63, 3.8) is 0 Å². The van der Waals surface area contributed by atoms with Crippen LogP contribution in [0.3, 0.4) is 0 Å². The SMILES string of the molecule is COc1cccc(Cc2nsc(N(CCC(=O)N3CCCC3)Cc3ccco3)n2)c1. The average Bonchev–Trinajstić information content (AvgIpc) is 3.54. The number of nitrogens with zero attached hydrogens (tertiary/aromatic N) is 4. The monoisotopic (exact) mass is 426 g/mol. The molecular weight excluding hydrogens is 400 g/mol. The van der Waals surface area contributed by atoms with Gasteiger partial charge in [0, 0.05) is 44.0 Å². The Balaban J connectivity index is 1.45. The minimum Gasteiger partial charge on any atom is -0.497 e. The lowest BCUT2D eigenvalue weighted by Gasteiger charge is -2.22. The molecule has 0 saturated carbocycles. The zero-order chi connectivity index (χ0) is 20.8. The second-order valence-electron chi connectivity index (χ2n) is 7.36. The number of aromatic nitrogens is 2. The van der Waals surface area contributed by atoms with E-state index in [-0.39, 0.29) is 5.91 Å². The average molecular weight is 427 g/mol. The number of anilines is 1. The van der Waals surface area contributed by atoms with Crippen molar-refractivity contribution < 1.29 is 13.9 Å². The summed E-state index contributed by atoms with van der Waals surface area (Å²) in [6.07, 6.45) is 4.97. The summed E-state index contributed by atoms with van der Waals surface area (Å²) < 4.78 is 15.4. The van der Waals surface area contributed by atoms with E-state index in [0.717, 1.165) is 54.0 Å². The highest BCUT2D eigenvalue weighted by molar-refractivity contribution is 7.09. The van der Waals surface area contributed by atoms with Crippen molar-refractivity contribution in [3.8, 4) is 5.75 Å². The molecule has 2 aromatic heterocycles. The van der Waals surface area contributed by atoms with E-state index in [2.05, 4.69) is 9.27 Å². The summed E-state index contributed by atoms with van der Waals surface area (Å²) in [4.78, 5) is 21.3. The van der Waals surface area contributed by atoms with Gasteiger partial charge in [-0.1, -0.05) is 12.1 Å². The van der Waals surface area contributed by atoms with Crippen LogP contribution in [0.25, 0.3) is 0 Å². The Labute approximate surface area is 180 Å². The summed E-state index contributed by atoms with van der Waals surface area (Å²) in [6, 6.07) is 11.7. The molecule has 8 heteroatoms. The minimum absolute atomic E-state index is 0.207. The van der Waals surface area contributed by atoms with E-state index in [9.17, 15) is 4.79 Å². The van der Waals surface area contributed by atoms with Gasteiger partial charge in [-0.2, -0.15) is 4.37 Å². The normalized spacial score (nSPS) is 13.6. The molecule has 0 bridgehead atoms. The number of methoxy groups -OCH3 is 1. The van der Waals surface area contributed by atoms with Gasteiger partial charge in [-0.15, -0.1) is 0 Å². The molecule has 0 spiro atoms. The molecule has 0 aliphatic carbocycles. The molecule has 4 rings (SSSR count). The van der Waals surface area contributed by atoms with Gasteiger partial charge in [0.05, 0.1) is 19.9 Å². The van der Waals surface area contributed by atoms with Gasteiger partial charge >= 0.3 is 0 Å². The minimum atomic E-state index is 0.207. The topological polar surface area (TPSA) is 71.7 Å². The molecule has 3 heterocycles. The third-order valence-corrected chi connectivity index (χ3v) is 6.02. The molecule has 0 N–H and O–H groups in total. The molecule has 1 fully saturated rings. The van der Waals surface area contributed by atoms with Crippen LogP contribution in [0.15, 0.2) is 47.1 Å². The molecule has 0 atom stereocenters. The smallest absolute Gasteiger partial charge is 0.224 e. The Morgan fingerprint density at radius 3 is 2.90 bits per heavy atom. The van der Waals surface area contributed by atoms with Crippen LogP contribution in [-0.4, -0.2) is 46.9 Å². The van der Waals surface area contributed by atoms with Crippen molar-refractivity contribution in [3.05, 3.63) is 59.8 Å². The number of hydrogen-bond donors (Lipinski definition) is 0. The third kappa shape index (κ3) is 5.18. The number of hydrogen-bond acceptors (Lipinski definition) is 7. The van der Waals surface area contributed by atoms with Gasteiger partial charge in [0.25, 0.3) is 0 Å². The summed E-state index contributed by atoms with van der Waals surface area (Å²) >= 11 is 1.36. The van der Waals surface area contributed by atoms with E-state index in [1.165, 1.54) is 11.5 Å². The van der Waals surface area contributed by atoms with Gasteiger partial charge in [0.15, 0.2) is 0 Å². The van der Waals surface area contributed by atoms with Gasteiger partial charge in [-0.3, -0.25) is 4.79 Å². The van der Waals surface area contributed by atoms with Gasteiger partial charge in [-0.05, 0) is 42.7 Å². The van der Waals surface area contributed by atoms with Crippen molar-refractivity contribution in [1.82, 2.24) is 14.3 Å². The number of rotatable bonds is 9. The third-order valence-electron chi connectivity index (χ3n) is 5.21. The van der Waals surface area contributed by atoms with Crippen LogP contribution in [0.2, 0.25) is 0 Å². The first-order chi connectivity index (χ1) is 14.7. The molecule has 1 aliphatic heterocycles. The van der Waals surface area contributed by atoms with Gasteiger partial charge in [-0.25, -0.2) is 4.98 Å². The lowest BCUT2D eigenvalue weighted by atomic mass is 10.1. The zero-order valence-corrected chi connectivity index (χ0v) is 17.9. The van der Waals surface area contributed by atoms with Crippen LogP contribution < -0.4 is 9.64 Å². The first-order valence-corrected chi connectivity index (χ1v) is 11.0. The van der Waals surface area contributed by atoms with Crippen LogP contribution in [0.5, 0.6) is 5.75 Å². The van der Waals surface area contributed by atoms with Crippen molar-refractivity contribution in [2.75, 3.05) is 31.6 Å². The molecule has 1 aliphatic rings. The molecule has 1 saturated heterocycles. The van der Waals surface area contributed by atoms with Crippen LogP contribution in [0.4, 0.5) is 5.13 Å². The first kappa shape index (κ1) is 20.4. The number of ether oxygens (including phenoxy) is 1. The number of benzene rings is 1. The molecule has 7 nitrogen and oxygen atoms in total. The number of likely N-dealkylation sites (tertiary alicyclic amines) is 1. The largest absolute Gasteiger partial charge is 0.497 e. The highest BCUT2D eigenvalue weighted by Crippen LogP contribution is 2.23. The lowest BCUT2D eigenvalue weighted by molar-refractivity contribution is -0.129. The molecule has 1 aromatic carbocycles. The lowest BCUT2D eigenvalue weighted by Crippen LogP contribution is -2.32. The summed E-state index contributed by atoms with van der Waals surface area (Å²) in [5, 5.41) is 0.804. The van der Waals surface area contributed by atoms with Gasteiger partial charge < -0.3 is 19.0 Å². The number of carbonyl (C=O) groups is 1. The Morgan fingerprint density at radius 1 is 1.27 bits per heavy atom. The van der Waals surface area contributed by atoms with Gasteiger partial charge in [0.2, 0.25) is 11.0 Å². The predicted molar refractivity (Wildman–Crippen MR) is 116 cm³/mol. The highest BCUT2D eigenvalue weighted by Gasteiger charge is 2.21. The van der Waals surface area contributed by atoms with Crippen molar-refractivity contribution in [1.29, 1.82) is 0 Å². The maximum absolute atomic E-state index is 12.5. The van der Waals surface area contributed by atoms with E-state index < -0.39 is 0 Å². The number of amides is 1. The predicted octanol–water partition coefficient (Wildman–Crippen LogP) is 3.75. The van der Waals surface area contributed by atoms with Crippen LogP contribution in [-0.2, 0) is 17.8 Å². The second-order valence-corrected chi connectivity index (χ2v) is 8.09. The summed E-state index contributed by atoms with van der Waals surface area (Å²) in [7, 11) is 1.66. The number of furan rings is 1. The Bertz CT molecular complexity index is 951. The summed E-state index contributed by atoms with van der Waals surface area (Å²) in [6.45, 7) is 2.90. The van der Waals surface area contributed by atoms with E-state index in [0.29, 0.717) is 25.9 Å². The van der Waals surface area contributed by atoms with E-state index in [1.807, 2.05) is 41.3 Å². The van der Waals surface area contributed by atoms with E-state index >= 15 is 0 Å². The quantitative estimate of drug-likeness (QED) is 0.519. The van der Waals surface area contributed by atoms with Crippen molar-refractivity contribution in [2.24, 2.45) is 0 Å². The van der Waals surface area contributed by atoms with Crippen LogP contribution >= 0.6 is 11.5 Å². The maximum Gasteiger partial charge on any atom is 0.224 e. The first-order valence-electron chi connectivity index (χ1n) is 10.2. The fourth-order valence-corrected chi connectivity index (χ4v) is 4.31. The van der Waals surface area contributed by atoms with E-state index in [1.54, 1.807) is 13.4 Å². The molecular formula is C22H26N4O3S. The fraction of sp³-hybridized carbons (Fsp3) is 0.409. The highest BCUT2D eigenvalue weighted by atomic mass is 32.1. The zero-order valence-electron chi connectivity index (χ0n) is 17.1. The van der Waals surface area contributed by atoms with Gasteiger partial charge in [0.1, 0.15) is 17.3 Å². The maximum atomic E-state index is 12.5. The molecule has 0 radical (unpaired) electrons.